The minimum atomic E-state index is -2.31. The standard InChI is InChI=1S/6ClH.2La/h6*1H;;/q;;;;;;2*+3/p-6. The second-order valence-electron chi connectivity index (χ2n) is 0.495. The van der Waals surface area contributed by atoms with E-state index in [1.807, 2.05) is 0 Å². The topological polar surface area (TPSA) is 0 Å². The molecule has 0 atom stereocenters. The second kappa shape index (κ2) is 11.1. The fourth-order valence-corrected chi connectivity index (χ4v) is 0. The number of hydrogen-bond acceptors (Lipinski definition) is 0. The van der Waals surface area contributed by atoms with Crippen LogP contribution in [0.15, 0.2) is 0 Å². The maximum atomic E-state index is 5.03. The molecule has 8 heteroatoms. The summed E-state index contributed by atoms with van der Waals surface area (Å²) < 4.78 is 0. The molecule has 0 aromatic heterocycles. The molecule has 0 bridgehead atoms. The van der Waals surface area contributed by atoms with Crippen molar-refractivity contribution in [1.29, 1.82) is 0 Å². The van der Waals surface area contributed by atoms with Crippen molar-refractivity contribution in [3.05, 3.63) is 0 Å². The predicted octanol–water partition coefficient (Wildman–Crippen LogP) is 4.14. The van der Waals surface area contributed by atoms with Crippen molar-refractivity contribution in [3.8, 4) is 0 Å². The molecule has 0 heterocycles. The summed E-state index contributed by atoms with van der Waals surface area (Å²) in [7, 11) is 0. The molecule has 0 aromatic rings. The van der Waals surface area contributed by atoms with Gasteiger partial charge in [0.15, 0.2) is 0 Å². The van der Waals surface area contributed by atoms with Gasteiger partial charge in [-0.05, 0) is 0 Å². The molecule has 0 saturated heterocycles. The number of hydrogen-bond donors (Lipinski definition) is 0. The van der Waals surface area contributed by atoms with Crippen LogP contribution in [0.4, 0.5) is 0 Å². The molecule has 0 nitrogen and oxygen atoms in total. The Hall–Kier alpha value is 4.13. The first-order chi connectivity index (χ1) is 3.46. The molecular weight excluding hydrogens is 491 g/mol. The van der Waals surface area contributed by atoms with E-state index in [9.17, 15) is 0 Å². The van der Waals surface area contributed by atoms with Crippen molar-refractivity contribution >= 4 is 40.7 Å². The summed E-state index contributed by atoms with van der Waals surface area (Å²) in [4.78, 5) is 0. The Labute approximate surface area is 88.9 Å². The third-order valence-electron chi connectivity index (χ3n) is 0. The van der Waals surface area contributed by atoms with E-state index >= 15 is 0 Å². The summed E-state index contributed by atoms with van der Waals surface area (Å²) in [5.74, 6) is 0. The molecule has 0 N–H and O–H groups in total. The summed E-state index contributed by atoms with van der Waals surface area (Å²) in [5.41, 5.74) is 0. The van der Waals surface area contributed by atoms with Gasteiger partial charge in [0.25, 0.3) is 0 Å². The first-order valence-corrected chi connectivity index (χ1v) is 28.6. The van der Waals surface area contributed by atoms with Crippen molar-refractivity contribution in [2.24, 2.45) is 0 Å². The molecule has 0 fully saturated rings. The normalized spacial score (nSPS) is 6.75. The minimum absolute atomic E-state index is 2.31. The molecule has 8 heavy (non-hydrogen) atoms. The molecule has 0 aliphatic heterocycles. The summed E-state index contributed by atoms with van der Waals surface area (Å²) in [5, 5.41) is 0. The number of rotatable bonds is 0. The summed E-state index contributed by atoms with van der Waals surface area (Å²) >= 11 is -4.61. The van der Waals surface area contributed by atoms with Crippen LogP contribution in [-0.4, -0.2) is 0 Å². The average Bonchev–Trinajstić information content (AvgIpc) is 1.25. The molecule has 0 spiro atoms. The Morgan fingerprint density at radius 1 is 0.500 bits per heavy atom. The first kappa shape index (κ1) is 14.6. The van der Waals surface area contributed by atoms with Crippen LogP contribution >= 0.6 is 40.7 Å². The molecule has 0 saturated carbocycles. The van der Waals surface area contributed by atoms with Gasteiger partial charge in [-0.1, -0.05) is 0 Å². The van der Waals surface area contributed by atoms with E-state index in [0.29, 0.717) is 0 Å². The van der Waals surface area contributed by atoms with Crippen molar-refractivity contribution in [2.45, 2.75) is 0 Å². The van der Waals surface area contributed by atoms with Gasteiger partial charge in [-0.25, -0.2) is 0 Å². The maximum absolute atomic E-state index is 5.03. The van der Waals surface area contributed by atoms with E-state index in [2.05, 4.69) is 0 Å². The van der Waals surface area contributed by atoms with Crippen molar-refractivity contribution < 1.29 is 51.3 Å². The third-order valence-corrected chi connectivity index (χ3v) is 0. The zero-order valence-electron chi connectivity index (χ0n) is 3.42. The zero-order chi connectivity index (χ0) is 7.15. The molecule has 0 aliphatic rings. The van der Waals surface area contributed by atoms with E-state index in [1.54, 1.807) is 0 Å². The molecule has 0 unspecified atom stereocenters. The fourth-order valence-electron chi connectivity index (χ4n) is 0. The van der Waals surface area contributed by atoms with Crippen molar-refractivity contribution in [3.63, 3.8) is 0 Å². The van der Waals surface area contributed by atoms with Crippen LogP contribution in [0.25, 0.3) is 0 Å². The Balaban J connectivity index is 0. The van der Waals surface area contributed by atoms with Crippen LogP contribution in [0.3, 0.4) is 0 Å². The van der Waals surface area contributed by atoms with Crippen molar-refractivity contribution in [1.82, 2.24) is 0 Å². The van der Waals surface area contributed by atoms with Gasteiger partial charge in [0.05, 0.1) is 0 Å². The molecule has 0 rings (SSSR count). The van der Waals surface area contributed by atoms with Gasteiger partial charge in [0.1, 0.15) is 0 Å². The summed E-state index contributed by atoms with van der Waals surface area (Å²) in [6.07, 6.45) is 0. The van der Waals surface area contributed by atoms with E-state index in [0.717, 1.165) is 0 Å². The van der Waals surface area contributed by atoms with Crippen LogP contribution in [-0.2, 0) is 0 Å². The molecule has 0 aliphatic carbocycles. The first-order valence-electron chi connectivity index (χ1n) is 1.31. The van der Waals surface area contributed by atoms with Gasteiger partial charge < -0.3 is 0 Å². The number of halogens is 6. The van der Waals surface area contributed by atoms with E-state index < -0.39 is 51.3 Å². The summed E-state index contributed by atoms with van der Waals surface area (Å²) in [6.45, 7) is 30.2. The SMILES string of the molecule is [Cl][La]([Cl])[Cl].[Cl][La]([Cl])[Cl]. The van der Waals surface area contributed by atoms with Crippen LogP contribution in [0.5, 0.6) is 0 Å². The van der Waals surface area contributed by atoms with Gasteiger partial charge in [-0.2, -0.15) is 0 Å². The van der Waals surface area contributed by atoms with Gasteiger partial charge >= 0.3 is 92.1 Å². The third kappa shape index (κ3) is 49.5. The fraction of sp³-hybridized carbons (Fsp3) is 0. The molecular formula is Cl6La2. The van der Waals surface area contributed by atoms with Crippen LogP contribution < -0.4 is 0 Å². The Kier molecular flexibility index (Phi) is 20.4. The predicted molar refractivity (Wildman–Crippen MR) is 35.1 cm³/mol. The van der Waals surface area contributed by atoms with E-state index in [4.69, 9.17) is 40.7 Å². The molecule has 0 amide bonds. The Morgan fingerprint density at radius 3 is 0.500 bits per heavy atom. The summed E-state index contributed by atoms with van der Waals surface area (Å²) in [6, 6.07) is 0. The monoisotopic (exact) mass is 488 g/mol. The van der Waals surface area contributed by atoms with Crippen LogP contribution in [0.1, 0.15) is 0 Å². The zero-order valence-corrected chi connectivity index (χ0v) is 15.2. The molecule has 0 radical (unpaired) electrons. The quantitative estimate of drug-likeness (QED) is 0.479. The molecule has 0 aromatic carbocycles. The van der Waals surface area contributed by atoms with E-state index in [1.165, 1.54) is 0 Å². The van der Waals surface area contributed by atoms with Gasteiger partial charge in [0.2, 0.25) is 0 Å². The average molecular weight is 491 g/mol. The van der Waals surface area contributed by atoms with E-state index in [-0.39, 0.29) is 0 Å². The van der Waals surface area contributed by atoms with Gasteiger partial charge in [0, 0.05) is 0 Å². The van der Waals surface area contributed by atoms with Crippen molar-refractivity contribution in [2.75, 3.05) is 0 Å². The van der Waals surface area contributed by atoms with Crippen LogP contribution in [0.2, 0.25) is 0 Å². The Morgan fingerprint density at radius 2 is 0.500 bits per heavy atom. The molecule has 48 valence electrons. The second-order valence-corrected chi connectivity index (χ2v) is 32.4. The van der Waals surface area contributed by atoms with Gasteiger partial charge in [-0.15, -0.1) is 0 Å². The van der Waals surface area contributed by atoms with Gasteiger partial charge in [-0.3, -0.25) is 0 Å². The Bertz CT molecular complexity index is 22.0. The van der Waals surface area contributed by atoms with Crippen LogP contribution in [0, 0.1) is 51.3 Å².